The second kappa shape index (κ2) is 6.04. The Balaban J connectivity index is 1.66. The van der Waals surface area contributed by atoms with Crippen molar-refractivity contribution < 1.29 is 9.84 Å². The van der Waals surface area contributed by atoms with Gasteiger partial charge in [-0.3, -0.25) is 0 Å². The van der Waals surface area contributed by atoms with E-state index in [2.05, 4.69) is 27.3 Å². The Bertz CT molecular complexity index is 468. The van der Waals surface area contributed by atoms with Gasteiger partial charge in [0.25, 0.3) is 0 Å². The van der Waals surface area contributed by atoms with Gasteiger partial charge in [-0.25, -0.2) is 0 Å². The van der Waals surface area contributed by atoms with E-state index in [-0.39, 0.29) is 0 Å². The molecular formula is C16H22BrNO2. The third-order valence-electron chi connectivity index (χ3n) is 4.23. The van der Waals surface area contributed by atoms with Gasteiger partial charge >= 0.3 is 0 Å². The molecule has 2 aliphatic carbocycles. The topological polar surface area (TPSA) is 41.5 Å². The Morgan fingerprint density at radius 3 is 2.75 bits per heavy atom. The summed E-state index contributed by atoms with van der Waals surface area (Å²) < 4.78 is 6.94. The fourth-order valence-electron chi connectivity index (χ4n) is 2.78. The average molecular weight is 340 g/mol. The Morgan fingerprint density at radius 2 is 2.05 bits per heavy atom. The van der Waals surface area contributed by atoms with E-state index in [1.54, 1.807) is 0 Å². The van der Waals surface area contributed by atoms with Crippen LogP contribution in [0.5, 0.6) is 5.75 Å². The number of hydrogen-bond donors (Lipinski definition) is 2. The van der Waals surface area contributed by atoms with Gasteiger partial charge in [0.15, 0.2) is 0 Å². The van der Waals surface area contributed by atoms with Crippen LogP contribution in [0, 0.1) is 0 Å². The van der Waals surface area contributed by atoms with Crippen LogP contribution in [-0.4, -0.2) is 23.4 Å². The van der Waals surface area contributed by atoms with Gasteiger partial charge in [0.2, 0.25) is 0 Å². The van der Waals surface area contributed by atoms with Gasteiger partial charge in [-0.1, -0.05) is 25.0 Å². The summed E-state index contributed by atoms with van der Waals surface area (Å²) in [6.07, 6.45) is 6.48. The average Bonchev–Trinajstić information content (AvgIpc) is 3.16. The van der Waals surface area contributed by atoms with Gasteiger partial charge in [-0.05, 0) is 47.7 Å². The molecule has 1 aromatic rings. The van der Waals surface area contributed by atoms with Crippen LogP contribution in [0.2, 0.25) is 0 Å². The number of aliphatic hydroxyl groups is 1. The van der Waals surface area contributed by atoms with Gasteiger partial charge in [0.1, 0.15) is 12.4 Å². The molecule has 1 aromatic carbocycles. The number of benzene rings is 1. The molecule has 0 saturated heterocycles. The zero-order valence-corrected chi connectivity index (χ0v) is 13.3. The molecule has 0 spiro atoms. The van der Waals surface area contributed by atoms with E-state index in [0.29, 0.717) is 12.6 Å². The Kier molecular flexibility index (Phi) is 4.34. The van der Waals surface area contributed by atoms with Crippen LogP contribution in [0.1, 0.15) is 44.1 Å². The lowest BCUT2D eigenvalue weighted by atomic mass is 10.0. The summed E-state index contributed by atoms with van der Waals surface area (Å²) in [5.74, 6) is 0.876. The number of hydrogen-bond acceptors (Lipinski definition) is 3. The summed E-state index contributed by atoms with van der Waals surface area (Å²) in [6, 6.07) is 6.80. The van der Waals surface area contributed by atoms with Gasteiger partial charge in [-0.15, -0.1) is 0 Å². The summed E-state index contributed by atoms with van der Waals surface area (Å²) in [4.78, 5) is 0. The fourth-order valence-corrected chi connectivity index (χ4v) is 3.30. The molecule has 0 bridgehead atoms. The quantitative estimate of drug-likeness (QED) is 0.834. The number of halogens is 1. The summed E-state index contributed by atoms with van der Waals surface area (Å²) in [5, 5.41) is 13.9. The third kappa shape index (κ3) is 3.54. The highest BCUT2D eigenvalue weighted by atomic mass is 79.9. The SMILES string of the molecule is OC1(COc2c(Br)cccc2CNC2CC2)CCCC1. The Labute approximate surface area is 128 Å². The first-order valence-electron chi connectivity index (χ1n) is 7.52. The number of nitrogens with one attached hydrogen (secondary N) is 1. The first-order valence-corrected chi connectivity index (χ1v) is 8.32. The molecular weight excluding hydrogens is 318 g/mol. The van der Waals surface area contributed by atoms with Crippen LogP contribution >= 0.6 is 15.9 Å². The van der Waals surface area contributed by atoms with E-state index >= 15 is 0 Å². The minimum absolute atomic E-state index is 0.395. The van der Waals surface area contributed by atoms with Crippen LogP contribution in [0.4, 0.5) is 0 Å². The number of ether oxygens (including phenoxy) is 1. The van der Waals surface area contributed by atoms with Crippen molar-refractivity contribution in [1.82, 2.24) is 5.32 Å². The van der Waals surface area contributed by atoms with Crippen molar-refractivity contribution in [2.24, 2.45) is 0 Å². The normalized spacial score (nSPS) is 21.1. The maximum atomic E-state index is 10.4. The molecule has 3 nitrogen and oxygen atoms in total. The molecule has 0 atom stereocenters. The van der Waals surface area contributed by atoms with E-state index in [9.17, 15) is 5.11 Å². The minimum atomic E-state index is -0.628. The van der Waals surface area contributed by atoms with Gasteiger partial charge in [0.05, 0.1) is 10.1 Å². The number of para-hydroxylation sites is 1. The molecule has 2 aliphatic rings. The monoisotopic (exact) mass is 339 g/mol. The van der Waals surface area contributed by atoms with Gasteiger partial charge in [-0.2, -0.15) is 0 Å². The zero-order valence-electron chi connectivity index (χ0n) is 11.7. The summed E-state index contributed by atoms with van der Waals surface area (Å²) in [6.45, 7) is 1.23. The Morgan fingerprint density at radius 1 is 1.30 bits per heavy atom. The van der Waals surface area contributed by atoms with E-state index in [1.807, 2.05) is 12.1 Å². The van der Waals surface area contributed by atoms with Crippen molar-refractivity contribution in [3.63, 3.8) is 0 Å². The maximum absolute atomic E-state index is 10.4. The van der Waals surface area contributed by atoms with Crippen molar-refractivity contribution in [2.45, 2.75) is 56.7 Å². The van der Waals surface area contributed by atoms with Crippen LogP contribution in [0.25, 0.3) is 0 Å². The highest BCUT2D eigenvalue weighted by Crippen LogP contribution is 2.34. The molecule has 2 N–H and O–H groups in total. The molecule has 2 fully saturated rings. The summed E-state index contributed by atoms with van der Waals surface area (Å²) in [7, 11) is 0. The molecule has 0 heterocycles. The minimum Gasteiger partial charge on any atom is -0.489 e. The van der Waals surface area contributed by atoms with Crippen LogP contribution < -0.4 is 10.1 Å². The molecule has 0 aromatic heterocycles. The predicted octanol–water partition coefficient (Wildman–Crippen LogP) is 3.39. The van der Waals surface area contributed by atoms with Crippen molar-refractivity contribution in [3.8, 4) is 5.75 Å². The number of rotatable bonds is 6. The lowest BCUT2D eigenvalue weighted by Gasteiger charge is -2.24. The Hall–Kier alpha value is -0.580. The van der Waals surface area contributed by atoms with E-state index in [1.165, 1.54) is 12.8 Å². The molecule has 0 aliphatic heterocycles. The maximum Gasteiger partial charge on any atom is 0.138 e. The summed E-state index contributed by atoms with van der Waals surface area (Å²) >= 11 is 3.56. The molecule has 2 saturated carbocycles. The molecule has 4 heteroatoms. The lowest BCUT2D eigenvalue weighted by molar-refractivity contribution is 0.000880. The van der Waals surface area contributed by atoms with Crippen molar-refractivity contribution in [3.05, 3.63) is 28.2 Å². The smallest absolute Gasteiger partial charge is 0.138 e. The van der Waals surface area contributed by atoms with Crippen molar-refractivity contribution in [2.75, 3.05) is 6.61 Å². The van der Waals surface area contributed by atoms with Crippen LogP contribution in [-0.2, 0) is 6.54 Å². The first kappa shape index (κ1) is 14.4. The highest BCUT2D eigenvalue weighted by Gasteiger charge is 2.32. The van der Waals surface area contributed by atoms with E-state index in [0.717, 1.165) is 48.0 Å². The van der Waals surface area contributed by atoms with Crippen LogP contribution in [0.3, 0.4) is 0 Å². The molecule has 20 heavy (non-hydrogen) atoms. The largest absolute Gasteiger partial charge is 0.489 e. The third-order valence-corrected chi connectivity index (χ3v) is 4.85. The van der Waals surface area contributed by atoms with Gasteiger partial charge < -0.3 is 15.2 Å². The zero-order chi connectivity index (χ0) is 14.0. The lowest BCUT2D eigenvalue weighted by Crippen LogP contribution is -2.32. The molecule has 0 radical (unpaired) electrons. The summed E-state index contributed by atoms with van der Waals surface area (Å²) in [5.41, 5.74) is 0.532. The molecule has 3 rings (SSSR count). The van der Waals surface area contributed by atoms with E-state index < -0.39 is 5.60 Å². The van der Waals surface area contributed by atoms with Crippen molar-refractivity contribution >= 4 is 15.9 Å². The second-order valence-corrected chi connectivity index (χ2v) is 6.96. The molecule has 0 amide bonds. The molecule has 110 valence electrons. The predicted molar refractivity (Wildman–Crippen MR) is 82.9 cm³/mol. The molecule has 0 unspecified atom stereocenters. The van der Waals surface area contributed by atoms with Gasteiger partial charge in [0, 0.05) is 18.2 Å². The highest BCUT2D eigenvalue weighted by molar-refractivity contribution is 9.10. The van der Waals surface area contributed by atoms with E-state index in [4.69, 9.17) is 4.74 Å². The van der Waals surface area contributed by atoms with Crippen molar-refractivity contribution in [1.29, 1.82) is 0 Å². The second-order valence-electron chi connectivity index (χ2n) is 6.10. The fraction of sp³-hybridized carbons (Fsp3) is 0.625. The van der Waals surface area contributed by atoms with Crippen LogP contribution in [0.15, 0.2) is 22.7 Å². The first-order chi connectivity index (χ1) is 9.66. The standard InChI is InChI=1S/C16H22BrNO2/c17-14-5-3-4-12(10-18-13-6-7-13)15(14)20-11-16(19)8-1-2-9-16/h3-5,13,18-19H,1-2,6-11H2.